The fourth-order valence-electron chi connectivity index (χ4n) is 2.16. The van der Waals surface area contributed by atoms with Gasteiger partial charge in [0, 0.05) is 17.3 Å². The molecule has 0 fully saturated rings. The minimum atomic E-state index is -0.635. The lowest BCUT2D eigenvalue weighted by Gasteiger charge is -2.09. The van der Waals surface area contributed by atoms with E-state index in [9.17, 15) is 14.9 Å². The Bertz CT molecular complexity index is 888. The van der Waals surface area contributed by atoms with Crippen LogP contribution in [0.2, 0.25) is 5.02 Å². The molecule has 1 amide bonds. The summed E-state index contributed by atoms with van der Waals surface area (Å²) in [7, 11) is 1.53. The van der Waals surface area contributed by atoms with Gasteiger partial charge in [0.1, 0.15) is 5.02 Å². The molecular weight excluding hydrogens is 390 g/mol. The van der Waals surface area contributed by atoms with Gasteiger partial charge in [-0.05, 0) is 37.3 Å². The molecule has 0 spiro atoms. The Hall–Kier alpha value is -3.33. The molecule has 0 unspecified atom stereocenters. The Kier molecular flexibility index (Phi) is 7.58. The molecule has 148 valence electrons. The number of hydrogen-bond acceptors (Lipinski definition) is 7. The van der Waals surface area contributed by atoms with Gasteiger partial charge in [-0.1, -0.05) is 16.8 Å². The maximum Gasteiger partial charge on any atom is 0.289 e. The first kappa shape index (κ1) is 21.0. The van der Waals surface area contributed by atoms with Gasteiger partial charge in [-0.3, -0.25) is 14.9 Å². The molecule has 2 aromatic carbocycles. The Balaban J connectivity index is 1.90. The van der Waals surface area contributed by atoms with Crippen molar-refractivity contribution in [1.29, 1.82) is 0 Å². The number of nitro groups is 1. The second kappa shape index (κ2) is 10.1. The van der Waals surface area contributed by atoms with E-state index in [0.717, 1.165) is 6.07 Å². The van der Waals surface area contributed by atoms with Gasteiger partial charge < -0.3 is 19.6 Å². The lowest BCUT2D eigenvalue weighted by molar-refractivity contribution is -0.384. The number of nitrogens with zero attached hydrogens (tertiary/aromatic N) is 2. The van der Waals surface area contributed by atoms with Gasteiger partial charge in [0.2, 0.25) is 0 Å². The van der Waals surface area contributed by atoms with E-state index in [0.29, 0.717) is 23.7 Å². The molecule has 1 N–H and O–H groups in total. The van der Waals surface area contributed by atoms with Gasteiger partial charge in [-0.25, -0.2) is 0 Å². The van der Waals surface area contributed by atoms with E-state index in [1.54, 1.807) is 18.2 Å². The highest BCUT2D eigenvalue weighted by Gasteiger charge is 2.14. The molecule has 0 saturated carbocycles. The summed E-state index contributed by atoms with van der Waals surface area (Å²) in [6.45, 7) is 2.01. The lowest BCUT2D eigenvalue weighted by Crippen LogP contribution is -2.17. The first-order valence-corrected chi connectivity index (χ1v) is 8.52. The molecule has 0 aliphatic rings. The number of oxime groups is 1. The van der Waals surface area contributed by atoms with Gasteiger partial charge in [0.05, 0.1) is 24.9 Å². The number of ether oxygens (including phenoxy) is 2. The van der Waals surface area contributed by atoms with Crippen LogP contribution in [0, 0.1) is 10.1 Å². The van der Waals surface area contributed by atoms with Crippen LogP contribution in [0.4, 0.5) is 11.4 Å². The molecule has 0 aliphatic heterocycles. The second-order valence-corrected chi connectivity index (χ2v) is 5.73. The number of amides is 1. The number of anilines is 1. The third-order valence-electron chi connectivity index (χ3n) is 3.39. The second-order valence-electron chi connectivity index (χ2n) is 5.32. The zero-order valence-corrected chi connectivity index (χ0v) is 15.9. The molecule has 28 heavy (non-hydrogen) atoms. The van der Waals surface area contributed by atoms with Crippen molar-refractivity contribution in [2.45, 2.75) is 6.92 Å². The number of rotatable bonds is 9. The van der Waals surface area contributed by atoms with Crippen molar-refractivity contribution >= 4 is 35.1 Å². The van der Waals surface area contributed by atoms with Crippen LogP contribution in [0.15, 0.2) is 41.6 Å². The number of hydrogen-bond donors (Lipinski definition) is 1. The van der Waals surface area contributed by atoms with Crippen molar-refractivity contribution in [2.75, 3.05) is 25.6 Å². The van der Waals surface area contributed by atoms with Gasteiger partial charge >= 0.3 is 0 Å². The van der Waals surface area contributed by atoms with E-state index >= 15 is 0 Å². The largest absolute Gasteiger partial charge is 0.493 e. The average Bonchev–Trinajstić information content (AvgIpc) is 2.67. The van der Waals surface area contributed by atoms with Crippen molar-refractivity contribution in [2.24, 2.45) is 5.16 Å². The van der Waals surface area contributed by atoms with E-state index in [2.05, 4.69) is 10.5 Å². The van der Waals surface area contributed by atoms with E-state index in [1.165, 1.54) is 25.5 Å². The highest BCUT2D eigenvalue weighted by molar-refractivity contribution is 6.32. The zero-order valence-electron chi connectivity index (χ0n) is 15.2. The summed E-state index contributed by atoms with van der Waals surface area (Å²) in [6.07, 6.45) is 1.42. The summed E-state index contributed by atoms with van der Waals surface area (Å²) < 4.78 is 10.7. The van der Waals surface area contributed by atoms with Crippen LogP contribution in [-0.2, 0) is 9.63 Å². The molecule has 2 aromatic rings. The highest BCUT2D eigenvalue weighted by Crippen LogP contribution is 2.28. The summed E-state index contributed by atoms with van der Waals surface area (Å²) in [5, 5.41) is 17.0. The fourth-order valence-corrected chi connectivity index (χ4v) is 2.35. The standard InChI is InChI=1S/C18H18ClN3O6/c1-3-27-16-7-4-12(8-17(16)26-2)10-20-28-11-18(23)21-13-5-6-14(19)15(9-13)22(24)25/h4-10H,3,11H2,1-2H3,(H,21,23)/b20-10-. The van der Waals surface area contributed by atoms with Crippen molar-refractivity contribution in [1.82, 2.24) is 0 Å². The average molecular weight is 408 g/mol. The first-order valence-electron chi connectivity index (χ1n) is 8.14. The van der Waals surface area contributed by atoms with E-state index in [4.69, 9.17) is 25.9 Å². The SMILES string of the molecule is CCOc1ccc(/C=N\OCC(=O)Nc2ccc(Cl)c([N+](=O)[O-])c2)cc1OC. The van der Waals surface area contributed by atoms with Crippen LogP contribution < -0.4 is 14.8 Å². The van der Waals surface area contributed by atoms with Crippen LogP contribution >= 0.6 is 11.6 Å². The van der Waals surface area contributed by atoms with E-state index in [1.807, 2.05) is 6.92 Å². The molecule has 0 heterocycles. The molecule has 9 nitrogen and oxygen atoms in total. The van der Waals surface area contributed by atoms with Crippen molar-refractivity contribution < 1.29 is 24.0 Å². The summed E-state index contributed by atoms with van der Waals surface area (Å²) in [5.74, 6) is 0.630. The number of halogens is 1. The minimum Gasteiger partial charge on any atom is -0.493 e. The summed E-state index contributed by atoms with van der Waals surface area (Å²) in [6, 6.07) is 9.15. The Morgan fingerprint density at radius 3 is 2.75 bits per heavy atom. The number of methoxy groups -OCH3 is 1. The molecule has 0 atom stereocenters. The third kappa shape index (κ3) is 5.85. The predicted molar refractivity (Wildman–Crippen MR) is 104 cm³/mol. The van der Waals surface area contributed by atoms with Crippen LogP contribution in [0.1, 0.15) is 12.5 Å². The molecule has 0 radical (unpaired) electrons. The molecule has 0 aliphatic carbocycles. The van der Waals surface area contributed by atoms with Crippen LogP contribution in [0.25, 0.3) is 0 Å². The maximum absolute atomic E-state index is 11.9. The zero-order chi connectivity index (χ0) is 20.5. The maximum atomic E-state index is 11.9. The first-order chi connectivity index (χ1) is 13.4. The smallest absolute Gasteiger partial charge is 0.289 e. The van der Waals surface area contributed by atoms with Crippen LogP contribution in [-0.4, -0.2) is 37.4 Å². The minimum absolute atomic E-state index is 0.0189. The number of nitrogens with one attached hydrogen (secondary N) is 1. The Morgan fingerprint density at radius 1 is 1.29 bits per heavy atom. The highest BCUT2D eigenvalue weighted by atomic mass is 35.5. The third-order valence-corrected chi connectivity index (χ3v) is 3.71. The molecule has 0 bridgehead atoms. The summed E-state index contributed by atoms with van der Waals surface area (Å²) in [5.41, 5.74) is 0.613. The number of carbonyl (C=O) groups is 1. The van der Waals surface area contributed by atoms with E-state index < -0.39 is 10.8 Å². The number of benzene rings is 2. The lowest BCUT2D eigenvalue weighted by atomic mass is 10.2. The summed E-state index contributed by atoms with van der Waals surface area (Å²) in [4.78, 5) is 27.0. The summed E-state index contributed by atoms with van der Waals surface area (Å²) >= 11 is 5.72. The molecular formula is C18H18ClN3O6. The monoisotopic (exact) mass is 407 g/mol. The Morgan fingerprint density at radius 2 is 2.07 bits per heavy atom. The molecule has 10 heteroatoms. The van der Waals surface area contributed by atoms with Crippen molar-refractivity contribution in [3.63, 3.8) is 0 Å². The van der Waals surface area contributed by atoms with Crippen molar-refractivity contribution in [3.8, 4) is 11.5 Å². The number of nitro benzene ring substituents is 1. The quantitative estimate of drug-likeness (QED) is 0.385. The van der Waals surface area contributed by atoms with Gasteiger partial charge in [0.25, 0.3) is 11.6 Å². The molecule has 2 rings (SSSR count). The van der Waals surface area contributed by atoms with E-state index in [-0.39, 0.29) is 23.0 Å². The van der Waals surface area contributed by atoms with Gasteiger partial charge in [-0.15, -0.1) is 0 Å². The van der Waals surface area contributed by atoms with Gasteiger partial charge in [0.15, 0.2) is 18.1 Å². The van der Waals surface area contributed by atoms with Crippen LogP contribution in [0.5, 0.6) is 11.5 Å². The molecule has 0 saturated heterocycles. The Labute approximate surface area is 166 Å². The normalized spacial score (nSPS) is 10.5. The number of carbonyl (C=O) groups excluding carboxylic acids is 1. The van der Waals surface area contributed by atoms with Gasteiger partial charge in [-0.2, -0.15) is 0 Å². The topological polar surface area (TPSA) is 112 Å². The fraction of sp³-hybridized carbons (Fsp3) is 0.222. The van der Waals surface area contributed by atoms with Crippen molar-refractivity contribution in [3.05, 3.63) is 57.1 Å². The molecule has 0 aromatic heterocycles. The van der Waals surface area contributed by atoms with Crippen LogP contribution in [0.3, 0.4) is 0 Å². The predicted octanol–water partition coefficient (Wildman–Crippen LogP) is 3.64.